The largest absolute Gasteiger partial charge is 0.484 e. The molecule has 6 nitrogen and oxygen atoms in total. The number of amides is 1. The van der Waals surface area contributed by atoms with Crippen LogP contribution in [0.4, 0.5) is 4.39 Å². The fourth-order valence-electron chi connectivity index (χ4n) is 2.69. The van der Waals surface area contributed by atoms with Gasteiger partial charge in [-0.25, -0.2) is 12.8 Å². The van der Waals surface area contributed by atoms with Gasteiger partial charge in [-0.15, -0.1) is 0 Å². The lowest BCUT2D eigenvalue weighted by Crippen LogP contribution is -2.31. The quantitative estimate of drug-likeness (QED) is 0.692. The Hall–Kier alpha value is -2.45. The van der Waals surface area contributed by atoms with Gasteiger partial charge in [-0.1, -0.05) is 26.0 Å². The average molecular weight is 408 g/mol. The highest BCUT2D eigenvalue weighted by Gasteiger charge is 2.21. The first-order valence-electron chi connectivity index (χ1n) is 9.05. The first-order chi connectivity index (χ1) is 13.3. The molecule has 0 heterocycles. The monoisotopic (exact) mass is 408 g/mol. The molecule has 1 N–H and O–H groups in total. The van der Waals surface area contributed by atoms with Gasteiger partial charge in [0.2, 0.25) is 10.0 Å². The molecule has 1 amide bonds. The third-order valence-electron chi connectivity index (χ3n) is 4.28. The van der Waals surface area contributed by atoms with Crippen molar-refractivity contribution in [3.05, 3.63) is 59.9 Å². The van der Waals surface area contributed by atoms with E-state index >= 15 is 0 Å². The van der Waals surface area contributed by atoms with Crippen LogP contribution in [0.5, 0.6) is 5.75 Å². The summed E-state index contributed by atoms with van der Waals surface area (Å²) in [6, 6.07) is 11.5. The molecule has 28 heavy (non-hydrogen) atoms. The summed E-state index contributed by atoms with van der Waals surface area (Å²) in [5, 5.41) is 2.78. The van der Waals surface area contributed by atoms with Gasteiger partial charge < -0.3 is 10.1 Å². The van der Waals surface area contributed by atoms with Gasteiger partial charge in [0.25, 0.3) is 5.91 Å². The second-order valence-electron chi connectivity index (χ2n) is 6.19. The molecule has 152 valence electrons. The van der Waals surface area contributed by atoms with Gasteiger partial charge in [0.05, 0.1) is 10.9 Å². The molecule has 0 aromatic heterocycles. The van der Waals surface area contributed by atoms with Gasteiger partial charge >= 0.3 is 0 Å². The van der Waals surface area contributed by atoms with E-state index in [-0.39, 0.29) is 29.3 Å². The zero-order chi connectivity index (χ0) is 20.7. The van der Waals surface area contributed by atoms with Gasteiger partial charge in [0, 0.05) is 13.1 Å². The van der Waals surface area contributed by atoms with Crippen LogP contribution in [0.2, 0.25) is 0 Å². The Balaban J connectivity index is 1.95. The number of sulfonamides is 1. The topological polar surface area (TPSA) is 75.7 Å². The van der Waals surface area contributed by atoms with Crippen LogP contribution in [0.3, 0.4) is 0 Å². The minimum atomic E-state index is -3.51. The molecule has 2 aromatic carbocycles. The van der Waals surface area contributed by atoms with Crippen molar-refractivity contribution in [2.24, 2.45) is 0 Å². The van der Waals surface area contributed by atoms with Crippen LogP contribution in [0, 0.1) is 5.82 Å². The molecule has 0 aliphatic rings. The summed E-state index contributed by atoms with van der Waals surface area (Å²) in [7, 11) is -3.51. The van der Waals surface area contributed by atoms with E-state index in [2.05, 4.69) is 5.32 Å². The second-order valence-corrected chi connectivity index (χ2v) is 8.13. The lowest BCUT2D eigenvalue weighted by Gasteiger charge is -2.19. The van der Waals surface area contributed by atoms with Gasteiger partial charge in [-0.05, 0) is 48.9 Å². The predicted octanol–water partition coefficient (Wildman–Crippen LogP) is 3.11. The normalized spacial score (nSPS) is 12.6. The number of nitrogens with zero attached hydrogens (tertiary/aromatic N) is 1. The van der Waals surface area contributed by atoms with Crippen molar-refractivity contribution in [1.82, 2.24) is 9.62 Å². The van der Waals surface area contributed by atoms with E-state index in [1.165, 1.54) is 28.6 Å². The average Bonchev–Trinajstić information content (AvgIpc) is 2.68. The minimum absolute atomic E-state index is 0.204. The van der Waals surface area contributed by atoms with Crippen LogP contribution in [0.25, 0.3) is 0 Å². The van der Waals surface area contributed by atoms with Crippen molar-refractivity contribution in [1.29, 1.82) is 0 Å². The van der Waals surface area contributed by atoms with Gasteiger partial charge in [0.15, 0.2) is 6.61 Å². The molecule has 0 radical (unpaired) electrons. The molecule has 0 bridgehead atoms. The zero-order valence-electron chi connectivity index (χ0n) is 16.2. The number of carbonyl (C=O) groups excluding carboxylic acids is 1. The third-order valence-corrected chi connectivity index (χ3v) is 6.35. The van der Waals surface area contributed by atoms with Crippen LogP contribution < -0.4 is 10.1 Å². The van der Waals surface area contributed by atoms with Crippen LogP contribution in [0.15, 0.2) is 53.4 Å². The maximum Gasteiger partial charge on any atom is 0.258 e. The third kappa shape index (κ3) is 5.53. The number of halogens is 1. The first-order valence-corrected chi connectivity index (χ1v) is 10.5. The fourth-order valence-corrected chi connectivity index (χ4v) is 4.15. The predicted molar refractivity (Wildman–Crippen MR) is 105 cm³/mol. The molecule has 2 aromatic rings. The molecular formula is C20H25FN2O4S. The maximum absolute atomic E-state index is 12.9. The summed E-state index contributed by atoms with van der Waals surface area (Å²) in [5.74, 6) is -0.316. The summed E-state index contributed by atoms with van der Waals surface area (Å²) in [5.41, 5.74) is 0.772. The van der Waals surface area contributed by atoms with Crippen molar-refractivity contribution in [2.75, 3.05) is 19.7 Å². The highest BCUT2D eigenvalue weighted by atomic mass is 32.2. The molecule has 1 atom stereocenters. The number of hydrogen-bond donors (Lipinski definition) is 1. The summed E-state index contributed by atoms with van der Waals surface area (Å²) in [6.07, 6.45) is 0. The molecular weight excluding hydrogens is 383 g/mol. The van der Waals surface area contributed by atoms with E-state index in [4.69, 9.17) is 4.74 Å². The molecule has 2 rings (SSSR count). The van der Waals surface area contributed by atoms with E-state index in [0.29, 0.717) is 18.8 Å². The van der Waals surface area contributed by atoms with Crippen LogP contribution in [-0.2, 0) is 14.8 Å². The van der Waals surface area contributed by atoms with Gasteiger partial charge in [-0.2, -0.15) is 4.31 Å². The summed E-state index contributed by atoms with van der Waals surface area (Å²) >= 11 is 0. The summed E-state index contributed by atoms with van der Waals surface area (Å²) < 4.78 is 44.6. The second kappa shape index (κ2) is 9.66. The highest BCUT2D eigenvalue weighted by molar-refractivity contribution is 7.89. The van der Waals surface area contributed by atoms with E-state index in [1.54, 1.807) is 45.0 Å². The standard InChI is InChI=1S/C20H25FN2O4S/c1-4-23(5-2)28(25,26)19-12-6-16(7-13-19)15(3)22-20(24)14-27-18-10-8-17(21)9-11-18/h6-13,15H,4-5,14H2,1-3H3,(H,22,24). The molecule has 0 saturated carbocycles. The van der Waals surface area contributed by atoms with Crippen molar-refractivity contribution in [3.8, 4) is 5.75 Å². The number of benzene rings is 2. The number of nitrogens with one attached hydrogen (secondary N) is 1. The smallest absolute Gasteiger partial charge is 0.258 e. The minimum Gasteiger partial charge on any atom is -0.484 e. The van der Waals surface area contributed by atoms with Gasteiger partial charge in [0.1, 0.15) is 11.6 Å². The number of ether oxygens (including phenoxy) is 1. The van der Waals surface area contributed by atoms with Gasteiger partial charge in [-0.3, -0.25) is 4.79 Å². The number of rotatable bonds is 9. The Bertz CT molecular complexity index is 879. The highest BCUT2D eigenvalue weighted by Crippen LogP contribution is 2.19. The van der Waals surface area contributed by atoms with Crippen LogP contribution in [-0.4, -0.2) is 38.3 Å². The van der Waals surface area contributed by atoms with E-state index in [0.717, 1.165) is 5.56 Å². The van der Waals surface area contributed by atoms with E-state index < -0.39 is 10.0 Å². The molecule has 0 aliphatic carbocycles. The Morgan fingerprint density at radius 1 is 1.07 bits per heavy atom. The summed E-state index contributed by atoms with van der Waals surface area (Å²) in [4.78, 5) is 12.3. The molecule has 1 unspecified atom stereocenters. The molecule has 0 spiro atoms. The number of hydrogen-bond acceptors (Lipinski definition) is 4. The molecule has 8 heteroatoms. The van der Waals surface area contributed by atoms with Crippen molar-refractivity contribution >= 4 is 15.9 Å². The van der Waals surface area contributed by atoms with E-state index in [9.17, 15) is 17.6 Å². The van der Waals surface area contributed by atoms with Crippen LogP contribution >= 0.6 is 0 Å². The molecule has 0 aliphatic heterocycles. The SMILES string of the molecule is CCN(CC)S(=O)(=O)c1ccc(C(C)NC(=O)COc2ccc(F)cc2)cc1. The van der Waals surface area contributed by atoms with Crippen molar-refractivity contribution in [2.45, 2.75) is 31.7 Å². The maximum atomic E-state index is 12.9. The first kappa shape index (κ1) is 21.8. The van der Waals surface area contributed by atoms with Crippen LogP contribution in [0.1, 0.15) is 32.4 Å². The molecule has 0 saturated heterocycles. The molecule has 0 fully saturated rings. The zero-order valence-corrected chi connectivity index (χ0v) is 17.0. The Labute approximate surface area is 165 Å². The van der Waals surface area contributed by atoms with E-state index in [1.807, 2.05) is 0 Å². The number of carbonyl (C=O) groups is 1. The Kier molecular flexibility index (Phi) is 7.53. The Morgan fingerprint density at radius 2 is 1.64 bits per heavy atom. The Morgan fingerprint density at radius 3 is 2.18 bits per heavy atom. The lowest BCUT2D eigenvalue weighted by atomic mass is 10.1. The van der Waals surface area contributed by atoms with Crippen molar-refractivity contribution < 1.29 is 22.3 Å². The van der Waals surface area contributed by atoms with Crippen molar-refractivity contribution in [3.63, 3.8) is 0 Å². The fraction of sp³-hybridized carbons (Fsp3) is 0.350. The summed E-state index contributed by atoms with van der Waals surface area (Å²) in [6.45, 7) is 5.98. The lowest BCUT2D eigenvalue weighted by molar-refractivity contribution is -0.123.